The third kappa shape index (κ3) is 3.11. The maximum absolute atomic E-state index is 11.1. The number of aryl methyl sites for hydroxylation is 1. The zero-order valence-corrected chi connectivity index (χ0v) is 11.1. The Labute approximate surface area is 110 Å². The highest BCUT2D eigenvalue weighted by Crippen LogP contribution is 2.17. The summed E-state index contributed by atoms with van der Waals surface area (Å²) in [5.41, 5.74) is 2.60. The van der Waals surface area contributed by atoms with Gasteiger partial charge in [0.2, 0.25) is 0 Å². The van der Waals surface area contributed by atoms with Crippen LogP contribution in [0, 0.1) is 6.92 Å². The van der Waals surface area contributed by atoms with Crippen LogP contribution in [0.3, 0.4) is 0 Å². The highest BCUT2D eigenvalue weighted by Gasteiger charge is 1.97. The molecule has 0 amide bonds. The second-order valence-electron chi connectivity index (χ2n) is 3.91. The van der Waals surface area contributed by atoms with Crippen molar-refractivity contribution >= 4 is 23.9 Å². The third-order valence-corrected chi connectivity index (χ3v) is 3.29. The zero-order chi connectivity index (χ0) is 13.0. The summed E-state index contributed by atoms with van der Waals surface area (Å²) in [7, 11) is 0. The van der Waals surface area contributed by atoms with Crippen LogP contribution in [0.1, 0.15) is 16.8 Å². The molecule has 3 nitrogen and oxygen atoms in total. The number of rotatable bonds is 3. The van der Waals surface area contributed by atoms with Crippen molar-refractivity contribution in [2.24, 2.45) is 0 Å². The molecular formula is C14H14N2OS. The molecule has 1 heterocycles. The number of hydrogen-bond acceptors (Lipinski definition) is 3. The van der Waals surface area contributed by atoms with Crippen LogP contribution in [-0.2, 0) is 0 Å². The molecule has 0 aliphatic carbocycles. The number of aromatic amines is 1. The number of benzene rings is 1. The molecule has 2 rings (SSSR count). The van der Waals surface area contributed by atoms with Crippen molar-refractivity contribution in [1.29, 1.82) is 0 Å². The number of H-pyrrole nitrogens is 1. The minimum Gasteiger partial charge on any atom is -0.268 e. The Bertz CT molecular complexity index is 632. The van der Waals surface area contributed by atoms with Gasteiger partial charge in [0.15, 0.2) is 0 Å². The smallest absolute Gasteiger partial charge is 0.264 e. The van der Waals surface area contributed by atoms with Crippen molar-refractivity contribution in [2.75, 3.05) is 6.26 Å². The molecule has 92 valence electrons. The summed E-state index contributed by atoms with van der Waals surface area (Å²) in [5.74, 6) is 0. The Morgan fingerprint density at radius 1 is 1.28 bits per heavy atom. The number of hydrogen-bond donors (Lipinski definition) is 1. The number of thioether (sulfide) groups is 1. The first-order valence-corrected chi connectivity index (χ1v) is 6.80. The van der Waals surface area contributed by atoms with E-state index in [0.717, 1.165) is 16.8 Å². The van der Waals surface area contributed by atoms with Crippen molar-refractivity contribution in [3.63, 3.8) is 0 Å². The van der Waals surface area contributed by atoms with E-state index in [-0.39, 0.29) is 5.56 Å². The Morgan fingerprint density at radius 2 is 2.11 bits per heavy atom. The molecule has 0 saturated carbocycles. The molecule has 0 atom stereocenters. The van der Waals surface area contributed by atoms with Crippen LogP contribution in [0.25, 0.3) is 12.2 Å². The van der Waals surface area contributed by atoms with Gasteiger partial charge in [0.05, 0.1) is 5.69 Å². The Morgan fingerprint density at radius 3 is 2.83 bits per heavy atom. The topological polar surface area (TPSA) is 45.8 Å². The van der Waals surface area contributed by atoms with Gasteiger partial charge in [0.25, 0.3) is 5.56 Å². The molecule has 0 unspecified atom stereocenters. The van der Waals surface area contributed by atoms with Crippen LogP contribution < -0.4 is 5.56 Å². The highest BCUT2D eigenvalue weighted by molar-refractivity contribution is 7.98. The fourth-order valence-corrected chi connectivity index (χ4v) is 2.06. The van der Waals surface area contributed by atoms with Crippen molar-refractivity contribution in [3.8, 4) is 0 Å². The van der Waals surface area contributed by atoms with Crippen LogP contribution in [-0.4, -0.2) is 16.5 Å². The van der Waals surface area contributed by atoms with Crippen LogP contribution in [0.4, 0.5) is 0 Å². The lowest BCUT2D eigenvalue weighted by Gasteiger charge is -1.99. The van der Waals surface area contributed by atoms with Crippen LogP contribution in [0.2, 0.25) is 0 Å². The van der Waals surface area contributed by atoms with Crippen molar-refractivity contribution in [3.05, 3.63) is 57.5 Å². The van der Waals surface area contributed by atoms with Gasteiger partial charge in [-0.15, -0.1) is 11.8 Å². The molecule has 0 spiro atoms. The first-order valence-electron chi connectivity index (χ1n) is 5.57. The molecule has 0 saturated heterocycles. The first kappa shape index (κ1) is 12.6. The van der Waals surface area contributed by atoms with Gasteiger partial charge in [-0.2, -0.15) is 5.10 Å². The highest BCUT2D eigenvalue weighted by atomic mass is 32.2. The molecule has 4 heteroatoms. The van der Waals surface area contributed by atoms with Gasteiger partial charge in [-0.05, 0) is 42.5 Å². The monoisotopic (exact) mass is 258 g/mol. The minimum absolute atomic E-state index is 0.172. The molecule has 1 N–H and O–H groups in total. The summed E-state index contributed by atoms with van der Waals surface area (Å²) in [4.78, 5) is 12.3. The van der Waals surface area contributed by atoms with Gasteiger partial charge in [-0.1, -0.05) is 18.2 Å². The molecule has 0 bridgehead atoms. The van der Waals surface area contributed by atoms with E-state index in [9.17, 15) is 4.79 Å². The average molecular weight is 258 g/mol. The molecule has 1 aromatic carbocycles. The van der Waals surface area contributed by atoms with Crippen molar-refractivity contribution in [2.45, 2.75) is 11.8 Å². The Kier molecular flexibility index (Phi) is 3.99. The van der Waals surface area contributed by atoms with E-state index in [1.54, 1.807) is 17.8 Å². The first-order chi connectivity index (χ1) is 8.69. The van der Waals surface area contributed by atoms with Crippen LogP contribution >= 0.6 is 11.8 Å². The van der Waals surface area contributed by atoms with Crippen molar-refractivity contribution < 1.29 is 0 Å². The summed E-state index contributed by atoms with van der Waals surface area (Å²) >= 11 is 1.71. The maximum Gasteiger partial charge on any atom is 0.264 e. The Hall–Kier alpha value is -1.81. The van der Waals surface area contributed by atoms with E-state index in [1.807, 2.05) is 31.2 Å². The van der Waals surface area contributed by atoms with E-state index in [1.165, 1.54) is 4.90 Å². The lowest BCUT2D eigenvalue weighted by Crippen LogP contribution is -2.08. The van der Waals surface area contributed by atoms with Gasteiger partial charge in [0.1, 0.15) is 0 Å². The van der Waals surface area contributed by atoms with Gasteiger partial charge >= 0.3 is 0 Å². The predicted octanol–water partition coefficient (Wildman–Crippen LogP) is 2.97. The number of aromatic nitrogens is 2. The van der Waals surface area contributed by atoms with Gasteiger partial charge in [-0.25, -0.2) is 5.10 Å². The predicted molar refractivity (Wildman–Crippen MR) is 76.7 cm³/mol. The fraction of sp³-hybridized carbons (Fsp3) is 0.143. The second kappa shape index (κ2) is 5.69. The summed E-state index contributed by atoms with van der Waals surface area (Å²) in [6.45, 7) is 1.88. The normalized spacial score (nSPS) is 11.0. The number of nitrogens with one attached hydrogen (secondary N) is 1. The average Bonchev–Trinajstić information content (AvgIpc) is 2.38. The van der Waals surface area contributed by atoms with Gasteiger partial charge < -0.3 is 0 Å². The summed E-state index contributed by atoms with van der Waals surface area (Å²) in [5, 5.41) is 6.44. The van der Waals surface area contributed by atoms with E-state index in [2.05, 4.69) is 28.6 Å². The van der Waals surface area contributed by atoms with Gasteiger partial charge in [-0.3, -0.25) is 4.79 Å². The molecule has 1 aromatic heterocycles. The molecule has 0 fully saturated rings. The quantitative estimate of drug-likeness (QED) is 0.861. The third-order valence-electron chi connectivity index (χ3n) is 2.57. The minimum atomic E-state index is -0.172. The summed E-state index contributed by atoms with van der Waals surface area (Å²) in [6, 6.07) is 9.80. The molecular weight excluding hydrogens is 244 g/mol. The van der Waals surface area contributed by atoms with E-state index >= 15 is 0 Å². The van der Waals surface area contributed by atoms with E-state index in [4.69, 9.17) is 0 Å². The van der Waals surface area contributed by atoms with Crippen molar-refractivity contribution in [1.82, 2.24) is 10.2 Å². The van der Waals surface area contributed by atoms with E-state index < -0.39 is 0 Å². The zero-order valence-electron chi connectivity index (χ0n) is 10.3. The second-order valence-corrected chi connectivity index (χ2v) is 4.79. The molecule has 2 aromatic rings. The Balaban J connectivity index is 2.26. The molecule has 0 aliphatic heterocycles. The lowest BCUT2D eigenvalue weighted by atomic mass is 10.1. The largest absolute Gasteiger partial charge is 0.268 e. The maximum atomic E-state index is 11.1. The van der Waals surface area contributed by atoms with Crippen LogP contribution in [0.15, 0.2) is 40.0 Å². The molecule has 0 aliphatic rings. The summed E-state index contributed by atoms with van der Waals surface area (Å²) < 4.78 is 0. The summed E-state index contributed by atoms with van der Waals surface area (Å²) in [6.07, 6.45) is 5.95. The van der Waals surface area contributed by atoms with E-state index in [0.29, 0.717) is 0 Å². The molecule has 18 heavy (non-hydrogen) atoms. The lowest BCUT2D eigenvalue weighted by molar-refractivity contribution is 0.961. The number of nitrogens with zero attached hydrogens (tertiary/aromatic N) is 1. The fourth-order valence-electron chi connectivity index (χ4n) is 1.60. The standard InChI is InChI=1S/C14H14N2OS/c1-10-8-14(17)16-15-13(10)7-6-11-4-3-5-12(9-11)18-2/h3-9H,1-2H3,(H,16,17). The SMILES string of the molecule is CSc1cccc(C=Cc2n[nH]c(=O)cc2C)c1. The molecule has 0 radical (unpaired) electrons. The van der Waals surface area contributed by atoms with Crippen LogP contribution in [0.5, 0.6) is 0 Å². The van der Waals surface area contributed by atoms with Gasteiger partial charge in [0, 0.05) is 11.0 Å².